The van der Waals surface area contributed by atoms with E-state index in [1.807, 2.05) is 37.3 Å². The summed E-state index contributed by atoms with van der Waals surface area (Å²) in [5.41, 5.74) is 7.34. The van der Waals surface area contributed by atoms with Crippen LogP contribution in [-0.2, 0) is 11.3 Å². The van der Waals surface area contributed by atoms with Crippen molar-refractivity contribution in [2.24, 2.45) is 5.73 Å². The van der Waals surface area contributed by atoms with Crippen molar-refractivity contribution in [2.45, 2.75) is 32.2 Å². The molecule has 0 bridgehead atoms. The van der Waals surface area contributed by atoms with Gasteiger partial charge >= 0.3 is 6.09 Å². The maximum absolute atomic E-state index is 12.2. The number of β-amino-alcohol motifs (C(OH)–C–C–N with tert-alkyl or cyclic N) is 1. The van der Waals surface area contributed by atoms with Crippen LogP contribution in [0, 0.1) is 6.92 Å². The quantitative estimate of drug-likeness (QED) is 0.823. The van der Waals surface area contributed by atoms with Crippen molar-refractivity contribution in [1.29, 1.82) is 0 Å². The van der Waals surface area contributed by atoms with Crippen LogP contribution >= 0.6 is 0 Å². The third-order valence-electron chi connectivity index (χ3n) is 4.72. The number of carbonyl (C=O) groups is 2. The fourth-order valence-electron chi connectivity index (χ4n) is 3.12. The molecule has 1 fully saturated rings. The van der Waals surface area contributed by atoms with Gasteiger partial charge in [0.1, 0.15) is 24.6 Å². The summed E-state index contributed by atoms with van der Waals surface area (Å²) in [5, 5.41) is 10.4. The van der Waals surface area contributed by atoms with Crippen LogP contribution in [0.2, 0.25) is 0 Å². The summed E-state index contributed by atoms with van der Waals surface area (Å²) in [6, 6.07) is 14.3. The number of likely N-dealkylation sites (tertiary alicyclic amines) is 1. The number of piperidine rings is 1. The van der Waals surface area contributed by atoms with E-state index in [2.05, 4.69) is 0 Å². The van der Waals surface area contributed by atoms with Gasteiger partial charge in [0, 0.05) is 18.5 Å². The maximum Gasteiger partial charge on any atom is 0.410 e. The van der Waals surface area contributed by atoms with E-state index >= 15 is 0 Å². The molecule has 1 saturated heterocycles. The van der Waals surface area contributed by atoms with Gasteiger partial charge in [-0.2, -0.15) is 0 Å². The molecule has 148 valence electrons. The van der Waals surface area contributed by atoms with Gasteiger partial charge in [-0.05, 0) is 36.2 Å². The number of carbonyl (C=O) groups excluding carboxylic acids is 2. The van der Waals surface area contributed by atoms with Crippen molar-refractivity contribution in [3.8, 4) is 5.75 Å². The monoisotopic (exact) mass is 384 g/mol. The summed E-state index contributed by atoms with van der Waals surface area (Å²) < 4.78 is 11.2. The van der Waals surface area contributed by atoms with Crippen LogP contribution in [0.1, 0.15) is 27.9 Å². The zero-order valence-corrected chi connectivity index (χ0v) is 15.7. The lowest BCUT2D eigenvalue weighted by Crippen LogP contribution is -2.51. The van der Waals surface area contributed by atoms with Crippen molar-refractivity contribution in [3.63, 3.8) is 0 Å². The number of amides is 2. The molecule has 0 unspecified atom stereocenters. The van der Waals surface area contributed by atoms with E-state index in [0.29, 0.717) is 24.3 Å². The maximum atomic E-state index is 12.2. The highest BCUT2D eigenvalue weighted by Gasteiger charge is 2.32. The van der Waals surface area contributed by atoms with Gasteiger partial charge in [0.2, 0.25) is 5.91 Å². The highest BCUT2D eigenvalue weighted by atomic mass is 16.6. The van der Waals surface area contributed by atoms with Gasteiger partial charge in [-0.3, -0.25) is 4.79 Å². The van der Waals surface area contributed by atoms with Gasteiger partial charge in [-0.15, -0.1) is 0 Å². The van der Waals surface area contributed by atoms with Gasteiger partial charge in [0.25, 0.3) is 0 Å². The van der Waals surface area contributed by atoms with E-state index in [1.165, 1.54) is 4.90 Å². The number of aryl methyl sites for hydroxylation is 1. The first-order valence-corrected chi connectivity index (χ1v) is 9.15. The molecule has 0 saturated carbocycles. The molecule has 7 nitrogen and oxygen atoms in total. The molecule has 0 radical (unpaired) electrons. The Balaban J connectivity index is 1.53. The molecule has 0 aromatic heterocycles. The molecular formula is C21H24N2O5. The zero-order chi connectivity index (χ0) is 20.1. The van der Waals surface area contributed by atoms with E-state index < -0.39 is 24.2 Å². The molecule has 2 aromatic carbocycles. The first kappa shape index (κ1) is 19.7. The molecule has 7 heteroatoms. The minimum atomic E-state index is -0.840. The number of hydrogen-bond acceptors (Lipinski definition) is 5. The molecule has 28 heavy (non-hydrogen) atoms. The first-order chi connectivity index (χ1) is 13.4. The number of nitrogens with two attached hydrogens (primary N) is 1. The number of ether oxygens (including phenoxy) is 2. The van der Waals surface area contributed by atoms with Crippen LogP contribution < -0.4 is 10.5 Å². The summed E-state index contributed by atoms with van der Waals surface area (Å²) in [4.78, 5) is 25.0. The highest BCUT2D eigenvalue weighted by molar-refractivity contribution is 5.93. The minimum absolute atomic E-state index is 0.136. The molecule has 3 rings (SSSR count). The SMILES string of the molecule is Cc1cc(C(N)=O)ccc1O[C@@H]1CCN(C(=O)OCc2ccccc2)C[C@H]1O. The molecule has 1 aliphatic heterocycles. The standard InChI is InChI=1S/C21H24N2O5/c1-14-11-16(20(22)25)7-8-18(14)28-19-9-10-23(12-17(19)24)21(26)27-13-15-5-3-2-4-6-15/h2-8,11,17,19,24H,9-10,12-13H2,1H3,(H2,22,25)/t17-,19-/m1/s1. The number of hydrogen-bond donors (Lipinski definition) is 2. The lowest BCUT2D eigenvalue weighted by Gasteiger charge is -2.35. The Bertz CT molecular complexity index is 840. The Kier molecular flexibility index (Phi) is 6.16. The average molecular weight is 384 g/mol. The predicted molar refractivity (Wildman–Crippen MR) is 103 cm³/mol. The van der Waals surface area contributed by atoms with E-state index in [4.69, 9.17) is 15.2 Å². The number of aliphatic hydroxyl groups is 1. The lowest BCUT2D eigenvalue weighted by atomic mass is 10.0. The van der Waals surface area contributed by atoms with E-state index in [1.54, 1.807) is 18.2 Å². The molecular weight excluding hydrogens is 360 g/mol. The normalized spacial score (nSPS) is 19.1. The van der Waals surface area contributed by atoms with Crippen molar-refractivity contribution < 1.29 is 24.2 Å². The lowest BCUT2D eigenvalue weighted by molar-refractivity contribution is -0.0255. The van der Waals surface area contributed by atoms with E-state index in [9.17, 15) is 14.7 Å². The summed E-state index contributed by atoms with van der Waals surface area (Å²) in [6.45, 7) is 2.56. The topological polar surface area (TPSA) is 102 Å². The molecule has 2 amide bonds. The first-order valence-electron chi connectivity index (χ1n) is 9.15. The third kappa shape index (κ3) is 4.80. The summed E-state index contributed by atoms with van der Waals surface area (Å²) in [6.07, 6.45) is -1.27. The number of aliphatic hydroxyl groups excluding tert-OH is 1. The molecule has 2 atom stereocenters. The number of nitrogens with zero attached hydrogens (tertiary/aromatic N) is 1. The van der Waals surface area contributed by atoms with Crippen molar-refractivity contribution in [1.82, 2.24) is 4.90 Å². The van der Waals surface area contributed by atoms with Gasteiger partial charge in [-0.25, -0.2) is 4.79 Å². The number of rotatable bonds is 5. The van der Waals surface area contributed by atoms with E-state index in [0.717, 1.165) is 11.1 Å². The number of primary amides is 1. The van der Waals surface area contributed by atoms with Crippen LogP contribution in [0.5, 0.6) is 5.75 Å². The fraction of sp³-hybridized carbons (Fsp3) is 0.333. The Morgan fingerprint density at radius 3 is 2.61 bits per heavy atom. The van der Waals surface area contributed by atoms with Gasteiger partial charge < -0.3 is 25.2 Å². The summed E-state index contributed by atoms with van der Waals surface area (Å²) >= 11 is 0. The van der Waals surface area contributed by atoms with Crippen LogP contribution in [-0.4, -0.2) is 47.3 Å². The largest absolute Gasteiger partial charge is 0.487 e. The average Bonchev–Trinajstić information content (AvgIpc) is 2.69. The second kappa shape index (κ2) is 8.75. The Morgan fingerprint density at radius 2 is 1.96 bits per heavy atom. The molecule has 0 aliphatic carbocycles. The Morgan fingerprint density at radius 1 is 1.21 bits per heavy atom. The second-order valence-electron chi connectivity index (χ2n) is 6.84. The summed E-state index contributed by atoms with van der Waals surface area (Å²) in [7, 11) is 0. The predicted octanol–water partition coefficient (Wildman–Crippen LogP) is 2.24. The Labute approximate surface area is 163 Å². The zero-order valence-electron chi connectivity index (χ0n) is 15.7. The highest BCUT2D eigenvalue weighted by Crippen LogP contribution is 2.24. The van der Waals surface area contributed by atoms with Gasteiger partial charge in [0.05, 0.1) is 6.54 Å². The molecule has 2 aromatic rings. The third-order valence-corrected chi connectivity index (χ3v) is 4.72. The van der Waals surface area contributed by atoms with Crippen LogP contribution in [0.25, 0.3) is 0 Å². The van der Waals surface area contributed by atoms with E-state index in [-0.39, 0.29) is 13.2 Å². The van der Waals surface area contributed by atoms with Crippen molar-refractivity contribution >= 4 is 12.0 Å². The van der Waals surface area contributed by atoms with Gasteiger partial charge in [0.15, 0.2) is 0 Å². The molecule has 1 heterocycles. The number of benzene rings is 2. The van der Waals surface area contributed by atoms with Crippen LogP contribution in [0.4, 0.5) is 4.79 Å². The van der Waals surface area contributed by atoms with Gasteiger partial charge in [-0.1, -0.05) is 30.3 Å². The smallest absolute Gasteiger partial charge is 0.410 e. The molecule has 3 N–H and O–H groups in total. The molecule has 0 spiro atoms. The van der Waals surface area contributed by atoms with Crippen molar-refractivity contribution in [2.75, 3.05) is 13.1 Å². The van der Waals surface area contributed by atoms with Crippen molar-refractivity contribution in [3.05, 3.63) is 65.2 Å². The minimum Gasteiger partial charge on any atom is -0.487 e. The van der Waals surface area contributed by atoms with Crippen LogP contribution in [0.15, 0.2) is 48.5 Å². The van der Waals surface area contributed by atoms with Crippen LogP contribution in [0.3, 0.4) is 0 Å². The Hall–Kier alpha value is -3.06. The molecule has 1 aliphatic rings. The fourth-order valence-corrected chi connectivity index (χ4v) is 3.12. The summed E-state index contributed by atoms with van der Waals surface area (Å²) in [5.74, 6) is 0.0752. The second-order valence-corrected chi connectivity index (χ2v) is 6.84.